The van der Waals surface area contributed by atoms with E-state index in [0.717, 1.165) is 19.3 Å². The molecule has 0 saturated heterocycles. The van der Waals surface area contributed by atoms with E-state index in [-0.39, 0.29) is 0 Å². The van der Waals surface area contributed by atoms with E-state index in [1.807, 2.05) is 6.92 Å². The highest BCUT2D eigenvalue weighted by Gasteiger charge is 2.03. The molecule has 1 N–H and O–H groups in total. The van der Waals surface area contributed by atoms with Crippen molar-refractivity contribution in [3.8, 4) is 0 Å². The molecule has 1 atom stereocenters. The van der Waals surface area contributed by atoms with Crippen molar-refractivity contribution in [2.24, 2.45) is 5.92 Å². The summed E-state index contributed by atoms with van der Waals surface area (Å²) in [4.78, 5) is 10.2. The Kier molecular flexibility index (Phi) is 5.43. The molecule has 0 aromatic heterocycles. The maximum absolute atomic E-state index is 10.2. The Morgan fingerprint density at radius 2 is 2.17 bits per heavy atom. The molecule has 0 radical (unpaired) electrons. The Morgan fingerprint density at radius 1 is 1.58 bits per heavy atom. The molecule has 0 rings (SSSR count). The molecule has 0 bridgehead atoms. The molecule has 2 nitrogen and oxygen atoms in total. The Labute approximate surface area is 74.3 Å². The maximum atomic E-state index is 10.2. The van der Waals surface area contributed by atoms with Crippen LogP contribution in [0.25, 0.3) is 0 Å². The van der Waals surface area contributed by atoms with Gasteiger partial charge < -0.3 is 5.11 Å². The summed E-state index contributed by atoms with van der Waals surface area (Å²) in [7, 11) is 0. The number of carbonyl (C=O) groups is 1. The van der Waals surface area contributed by atoms with E-state index in [2.05, 4.69) is 13.5 Å². The van der Waals surface area contributed by atoms with E-state index in [1.54, 1.807) is 0 Å². The van der Waals surface area contributed by atoms with Crippen molar-refractivity contribution in [3.63, 3.8) is 0 Å². The van der Waals surface area contributed by atoms with Gasteiger partial charge in [-0.1, -0.05) is 12.5 Å². The van der Waals surface area contributed by atoms with Gasteiger partial charge in [-0.25, -0.2) is 0 Å². The second-order valence-electron chi connectivity index (χ2n) is 3.55. The molecule has 0 amide bonds. The molecular weight excluding hydrogens is 152 g/mol. The highest BCUT2D eigenvalue weighted by Crippen LogP contribution is 2.15. The molecule has 12 heavy (non-hydrogen) atoms. The smallest absolute Gasteiger partial charge is 0.303 e. The topological polar surface area (TPSA) is 37.3 Å². The Bertz CT molecular complexity index is 161. The Morgan fingerprint density at radius 3 is 2.58 bits per heavy atom. The lowest BCUT2D eigenvalue weighted by Crippen LogP contribution is -1.99. The van der Waals surface area contributed by atoms with Gasteiger partial charge in [0, 0.05) is 6.42 Å². The fraction of sp³-hybridized carbons (Fsp3) is 0.700. The lowest BCUT2D eigenvalue weighted by atomic mass is 9.97. The first kappa shape index (κ1) is 11.2. The number of aliphatic carboxylic acids is 1. The van der Waals surface area contributed by atoms with E-state index in [4.69, 9.17) is 5.11 Å². The summed E-state index contributed by atoms with van der Waals surface area (Å²) in [5, 5.41) is 8.39. The van der Waals surface area contributed by atoms with Crippen molar-refractivity contribution in [2.75, 3.05) is 0 Å². The molecule has 0 aromatic carbocycles. The van der Waals surface area contributed by atoms with Gasteiger partial charge in [0.25, 0.3) is 0 Å². The van der Waals surface area contributed by atoms with Crippen LogP contribution in [0.4, 0.5) is 0 Å². The van der Waals surface area contributed by atoms with Crippen LogP contribution in [0.3, 0.4) is 0 Å². The number of carboxylic acid groups (broad SMARTS) is 1. The Hall–Kier alpha value is -0.790. The van der Waals surface area contributed by atoms with Gasteiger partial charge in [0.05, 0.1) is 0 Å². The third-order valence-electron chi connectivity index (χ3n) is 1.78. The largest absolute Gasteiger partial charge is 0.481 e. The summed E-state index contributed by atoms with van der Waals surface area (Å²) in [6.07, 6.45) is 3.07. The molecule has 0 aliphatic rings. The van der Waals surface area contributed by atoms with Gasteiger partial charge in [0.1, 0.15) is 0 Å². The lowest BCUT2D eigenvalue weighted by Gasteiger charge is -2.09. The summed E-state index contributed by atoms with van der Waals surface area (Å²) in [6, 6.07) is 0. The first-order chi connectivity index (χ1) is 5.52. The zero-order valence-corrected chi connectivity index (χ0v) is 7.97. The molecule has 0 aliphatic carbocycles. The van der Waals surface area contributed by atoms with Crippen LogP contribution in [0.1, 0.15) is 39.5 Å². The van der Waals surface area contributed by atoms with Crippen LogP contribution in [-0.4, -0.2) is 11.1 Å². The summed E-state index contributed by atoms with van der Waals surface area (Å²) >= 11 is 0. The van der Waals surface area contributed by atoms with E-state index in [0.29, 0.717) is 12.3 Å². The molecule has 0 heterocycles. The molecule has 1 unspecified atom stereocenters. The molecule has 70 valence electrons. The van der Waals surface area contributed by atoms with Crippen molar-refractivity contribution in [1.82, 2.24) is 0 Å². The summed E-state index contributed by atoms with van der Waals surface area (Å²) in [5.41, 5.74) is 1.18. The second kappa shape index (κ2) is 5.81. The minimum absolute atomic E-state index is 0.292. The molecule has 2 heteroatoms. The van der Waals surface area contributed by atoms with Crippen molar-refractivity contribution >= 4 is 5.97 Å². The first-order valence-electron chi connectivity index (χ1n) is 4.38. The molecule has 0 aliphatic heterocycles. The van der Waals surface area contributed by atoms with E-state index in [9.17, 15) is 4.79 Å². The third kappa shape index (κ3) is 7.32. The van der Waals surface area contributed by atoms with Crippen LogP contribution in [-0.2, 0) is 4.79 Å². The van der Waals surface area contributed by atoms with Gasteiger partial charge in [-0.2, -0.15) is 0 Å². The van der Waals surface area contributed by atoms with Crippen LogP contribution in [0.5, 0.6) is 0 Å². The van der Waals surface area contributed by atoms with Gasteiger partial charge in [-0.15, -0.1) is 6.58 Å². The van der Waals surface area contributed by atoms with Crippen molar-refractivity contribution < 1.29 is 9.90 Å². The minimum Gasteiger partial charge on any atom is -0.481 e. The van der Waals surface area contributed by atoms with Gasteiger partial charge in [0.15, 0.2) is 0 Å². The Balaban J connectivity index is 3.37. The van der Waals surface area contributed by atoms with Crippen LogP contribution >= 0.6 is 0 Å². The highest BCUT2D eigenvalue weighted by molar-refractivity contribution is 5.66. The average Bonchev–Trinajstić information content (AvgIpc) is 1.84. The lowest BCUT2D eigenvalue weighted by molar-refractivity contribution is -0.137. The van der Waals surface area contributed by atoms with Crippen molar-refractivity contribution in [1.29, 1.82) is 0 Å². The number of hydrogen-bond donors (Lipinski definition) is 1. The number of carboxylic acids is 1. The molecular formula is C10H18O2. The van der Waals surface area contributed by atoms with E-state index in [1.165, 1.54) is 5.57 Å². The fourth-order valence-corrected chi connectivity index (χ4v) is 1.30. The zero-order valence-electron chi connectivity index (χ0n) is 7.97. The van der Waals surface area contributed by atoms with Crippen LogP contribution < -0.4 is 0 Å². The standard InChI is InChI=1S/C10H18O2/c1-8(2)7-9(3)5-4-6-10(11)12/h9H,1,4-7H2,2-3H3,(H,11,12). The van der Waals surface area contributed by atoms with E-state index < -0.39 is 5.97 Å². The first-order valence-corrected chi connectivity index (χ1v) is 4.38. The summed E-state index contributed by atoms with van der Waals surface area (Å²) in [5.74, 6) is -0.126. The van der Waals surface area contributed by atoms with Crippen LogP contribution in [0.2, 0.25) is 0 Å². The van der Waals surface area contributed by atoms with Crippen molar-refractivity contribution in [2.45, 2.75) is 39.5 Å². The van der Waals surface area contributed by atoms with E-state index >= 15 is 0 Å². The van der Waals surface area contributed by atoms with Gasteiger partial charge in [-0.3, -0.25) is 4.79 Å². The predicted octanol–water partition coefficient (Wildman–Crippen LogP) is 2.84. The molecule has 0 spiro atoms. The quantitative estimate of drug-likeness (QED) is 0.622. The average molecular weight is 170 g/mol. The van der Waals surface area contributed by atoms with Crippen molar-refractivity contribution in [3.05, 3.63) is 12.2 Å². The maximum Gasteiger partial charge on any atom is 0.303 e. The zero-order chi connectivity index (χ0) is 9.56. The third-order valence-corrected chi connectivity index (χ3v) is 1.78. The number of hydrogen-bond acceptors (Lipinski definition) is 1. The molecule has 0 fully saturated rings. The normalized spacial score (nSPS) is 12.5. The molecule has 0 aromatic rings. The SMILES string of the molecule is C=C(C)CC(C)CCCC(=O)O. The number of allylic oxidation sites excluding steroid dienone is 1. The van der Waals surface area contributed by atoms with Gasteiger partial charge in [-0.05, 0) is 32.1 Å². The van der Waals surface area contributed by atoms with Gasteiger partial charge >= 0.3 is 5.97 Å². The van der Waals surface area contributed by atoms with Crippen LogP contribution in [0.15, 0.2) is 12.2 Å². The predicted molar refractivity (Wildman–Crippen MR) is 50.1 cm³/mol. The second-order valence-corrected chi connectivity index (χ2v) is 3.55. The van der Waals surface area contributed by atoms with Gasteiger partial charge in [0.2, 0.25) is 0 Å². The summed E-state index contributed by atoms with van der Waals surface area (Å²) in [6.45, 7) is 7.97. The fourth-order valence-electron chi connectivity index (χ4n) is 1.30. The minimum atomic E-state index is -0.697. The number of rotatable bonds is 6. The summed E-state index contributed by atoms with van der Waals surface area (Å²) < 4.78 is 0. The highest BCUT2D eigenvalue weighted by atomic mass is 16.4. The van der Waals surface area contributed by atoms with Crippen LogP contribution in [0, 0.1) is 5.92 Å². The molecule has 0 saturated carbocycles. The monoisotopic (exact) mass is 170 g/mol.